The number of aromatic nitrogens is 2. The van der Waals surface area contributed by atoms with Crippen LogP contribution in [0.25, 0.3) is 10.3 Å². The maximum atomic E-state index is 4.10. The van der Waals surface area contributed by atoms with Crippen LogP contribution in [0.5, 0.6) is 0 Å². The molecule has 3 aromatic heterocycles. The number of thiophene rings is 2. The van der Waals surface area contributed by atoms with Gasteiger partial charge in [0.1, 0.15) is 4.83 Å². The summed E-state index contributed by atoms with van der Waals surface area (Å²) in [7, 11) is 0. The molecule has 3 rings (SSSR count). The highest BCUT2D eigenvalue weighted by Gasteiger charge is 1.91. The Bertz CT molecular complexity index is 426. The zero-order valence-corrected chi connectivity index (χ0v) is 8.96. The summed E-state index contributed by atoms with van der Waals surface area (Å²) >= 11 is 3.33. The summed E-state index contributed by atoms with van der Waals surface area (Å²) in [5.74, 6) is 0. The Morgan fingerprint density at radius 3 is 2.36 bits per heavy atom. The molecular weight excluding hydrogens is 212 g/mol. The fourth-order valence-corrected chi connectivity index (χ4v) is 2.07. The molecule has 0 aliphatic heterocycles. The molecule has 14 heavy (non-hydrogen) atoms. The lowest BCUT2D eigenvalue weighted by Crippen LogP contribution is -1.72. The van der Waals surface area contributed by atoms with Crippen molar-refractivity contribution in [1.82, 2.24) is 9.97 Å². The maximum absolute atomic E-state index is 4.10. The van der Waals surface area contributed by atoms with Gasteiger partial charge in [0, 0.05) is 12.4 Å². The fraction of sp³-hybridized carbons (Fsp3) is 0. The van der Waals surface area contributed by atoms with Gasteiger partial charge in [-0.2, -0.15) is 11.3 Å². The lowest BCUT2D eigenvalue weighted by Gasteiger charge is -1.81. The van der Waals surface area contributed by atoms with Gasteiger partial charge in [-0.1, -0.05) is 12.1 Å². The molecule has 0 saturated carbocycles. The van der Waals surface area contributed by atoms with Crippen molar-refractivity contribution in [2.75, 3.05) is 0 Å². The first-order valence-electron chi connectivity index (χ1n) is 4.08. The zero-order valence-electron chi connectivity index (χ0n) is 7.33. The Hall–Kier alpha value is -1.26. The lowest BCUT2D eigenvalue weighted by molar-refractivity contribution is 1.32. The van der Waals surface area contributed by atoms with Crippen LogP contribution in [0.1, 0.15) is 0 Å². The number of hydrogen-bond donors (Lipinski definition) is 0. The maximum Gasteiger partial charge on any atom is 0.141 e. The summed E-state index contributed by atoms with van der Waals surface area (Å²) in [6, 6.07) is 6.00. The van der Waals surface area contributed by atoms with Crippen molar-refractivity contribution in [3.63, 3.8) is 0 Å². The average molecular weight is 220 g/mol. The van der Waals surface area contributed by atoms with Gasteiger partial charge in [0.2, 0.25) is 0 Å². The predicted molar refractivity (Wildman–Crippen MR) is 61.7 cm³/mol. The summed E-state index contributed by atoms with van der Waals surface area (Å²) in [4.78, 5) is 9.20. The fourth-order valence-electron chi connectivity index (χ4n) is 0.931. The molecule has 0 atom stereocenters. The van der Waals surface area contributed by atoms with E-state index in [2.05, 4.69) is 9.97 Å². The van der Waals surface area contributed by atoms with Gasteiger partial charge in [-0.25, -0.2) is 4.98 Å². The standard InChI is InChI=1S/C6H4N2S.C4H4S/c1-4-9-6-5(1)7-2-3-8-6;1-2-4-5-3-1/h1-4H;1-4H. The number of hydrogen-bond acceptors (Lipinski definition) is 4. The normalized spacial score (nSPS) is 9.43. The van der Waals surface area contributed by atoms with Crippen molar-refractivity contribution in [2.45, 2.75) is 0 Å². The molecule has 2 nitrogen and oxygen atoms in total. The monoisotopic (exact) mass is 220 g/mol. The second-order valence-electron chi connectivity index (χ2n) is 2.46. The molecule has 3 heterocycles. The van der Waals surface area contributed by atoms with Crippen molar-refractivity contribution in [3.05, 3.63) is 46.7 Å². The van der Waals surface area contributed by atoms with Crippen molar-refractivity contribution in [2.24, 2.45) is 0 Å². The van der Waals surface area contributed by atoms with Crippen molar-refractivity contribution in [1.29, 1.82) is 0 Å². The molecule has 0 unspecified atom stereocenters. The third-order valence-corrected chi connectivity index (χ3v) is 2.96. The van der Waals surface area contributed by atoms with Gasteiger partial charge in [0.15, 0.2) is 0 Å². The van der Waals surface area contributed by atoms with E-state index in [9.17, 15) is 0 Å². The van der Waals surface area contributed by atoms with Gasteiger partial charge >= 0.3 is 0 Å². The van der Waals surface area contributed by atoms with Gasteiger partial charge in [-0.3, -0.25) is 4.98 Å². The van der Waals surface area contributed by atoms with E-state index in [1.807, 2.05) is 34.3 Å². The van der Waals surface area contributed by atoms with Gasteiger partial charge < -0.3 is 0 Å². The van der Waals surface area contributed by atoms with Crippen molar-refractivity contribution in [3.8, 4) is 0 Å². The first-order valence-corrected chi connectivity index (χ1v) is 5.90. The van der Waals surface area contributed by atoms with Crippen LogP contribution in [0.4, 0.5) is 0 Å². The highest BCUT2D eigenvalue weighted by molar-refractivity contribution is 7.16. The molecule has 0 saturated heterocycles. The summed E-state index contributed by atoms with van der Waals surface area (Å²) in [5.41, 5.74) is 0.988. The Labute approximate surface area is 89.9 Å². The number of rotatable bonds is 0. The van der Waals surface area contributed by atoms with Crippen LogP contribution >= 0.6 is 22.7 Å². The van der Waals surface area contributed by atoms with Crippen LogP contribution in [0.3, 0.4) is 0 Å². The zero-order chi connectivity index (χ0) is 9.64. The highest BCUT2D eigenvalue weighted by atomic mass is 32.1. The van der Waals surface area contributed by atoms with Crippen molar-refractivity contribution < 1.29 is 0 Å². The van der Waals surface area contributed by atoms with Crippen LogP contribution in [-0.4, -0.2) is 9.97 Å². The molecule has 0 N–H and O–H groups in total. The molecule has 3 aromatic rings. The van der Waals surface area contributed by atoms with E-state index in [-0.39, 0.29) is 0 Å². The van der Waals surface area contributed by atoms with E-state index >= 15 is 0 Å². The van der Waals surface area contributed by atoms with Crippen LogP contribution in [0.15, 0.2) is 46.7 Å². The van der Waals surface area contributed by atoms with E-state index < -0.39 is 0 Å². The minimum Gasteiger partial charge on any atom is -0.252 e. The molecule has 0 aliphatic rings. The molecule has 4 heteroatoms. The Morgan fingerprint density at radius 1 is 0.929 bits per heavy atom. The molecule has 0 fully saturated rings. The minimum atomic E-state index is 0.988. The Morgan fingerprint density at radius 2 is 1.71 bits per heavy atom. The van der Waals surface area contributed by atoms with E-state index in [1.54, 1.807) is 35.1 Å². The predicted octanol–water partition coefficient (Wildman–Crippen LogP) is 3.44. The van der Waals surface area contributed by atoms with Gasteiger partial charge in [-0.05, 0) is 22.2 Å². The first kappa shape index (κ1) is 9.30. The Balaban J connectivity index is 0.000000128. The van der Waals surface area contributed by atoms with Gasteiger partial charge in [0.25, 0.3) is 0 Å². The summed E-state index contributed by atoms with van der Waals surface area (Å²) in [6.45, 7) is 0. The molecule has 0 amide bonds. The van der Waals surface area contributed by atoms with Gasteiger partial charge in [-0.15, -0.1) is 11.3 Å². The molecule has 0 radical (unpaired) electrons. The number of nitrogens with zero attached hydrogens (tertiary/aromatic N) is 2. The van der Waals surface area contributed by atoms with Crippen LogP contribution in [-0.2, 0) is 0 Å². The summed E-state index contributed by atoms with van der Waals surface area (Å²) in [6.07, 6.45) is 3.41. The second-order valence-corrected chi connectivity index (χ2v) is 4.17. The van der Waals surface area contributed by atoms with Crippen LogP contribution in [0, 0.1) is 0 Å². The average Bonchev–Trinajstić information content (AvgIpc) is 2.92. The van der Waals surface area contributed by atoms with Crippen molar-refractivity contribution >= 4 is 33.0 Å². The number of fused-ring (bicyclic) bond motifs is 1. The molecular formula is C10H8N2S2. The van der Waals surface area contributed by atoms with Crippen LogP contribution in [0.2, 0.25) is 0 Å². The summed E-state index contributed by atoms with van der Waals surface area (Å²) in [5, 5.41) is 6.07. The second kappa shape index (κ2) is 4.83. The third kappa shape index (κ3) is 2.37. The highest BCUT2D eigenvalue weighted by Crippen LogP contribution is 2.13. The van der Waals surface area contributed by atoms with E-state index in [0.29, 0.717) is 0 Å². The van der Waals surface area contributed by atoms with Gasteiger partial charge in [0.05, 0.1) is 5.52 Å². The smallest absolute Gasteiger partial charge is 0.141 e. The van der Waals surface area contributed by atoms with Crippen LogP contribution < -0.4 is 0 Å². The molecule has 0 spiro atoms. The lowest BCUT2D eigenvalue weighted by atomic mass is 10.5. The topological polar surface area (TPSA) is 25.8 Å². The van der Waals surface area contributed by atoms with E-state index in [1.165, 1.54) is 0 Å². The van der Waals surface area contributed by atoms with E-state index in [4.69, 9.17) is 0 Å². The third-order valence-electron chi connectivity index (χ3n) is 1.52. The SMILES string of the molecule is c1ccsc1.c1cnc2sccc2n1. The minimum absolute atomic E-state index is 0.988. The van der Waals surface area contributed by atoms with E-state index in [0.717, 1.165) is 10.3 Å². The molecule has 0 bridgehead atoms. The molecule has 0 aromatic carbocycles. The molecule has 70 valence electrons. The summed E-state index contributed by atoms with van der Waals surface area (Å²) < 4.78 is 0. The largest absolute Gasteiger partial charge is 0.252 e. The first-order chi connectivity index (χ1) is 6.97. The quantitative estimate of drug-likeness (QED) is 0.580. The molecule has 0 aliphatic carbocycles. The Kier molecular flexibility index (Phi) is 3.21.